The molecule has 0 bridgehead atoms. The molecule has 3 aromatic heterocycles. The molecule has 4 aromatic rings. The van der Waals surface area contributed by atoms with Crippen molar-refractivity contribution in [1.82, 2.24) is 24.0 Å². The number of hydrogen-bond donors (Lipinski definition) is 0. The standard InChI is InChI=1S/C31H33N5O3/c37-30-27(39-20-22-7-2-1-3-8-22)26-31(38)34(19-21-12-13-21)17-18-36(26)29(33-30)25(23-9-4-5-10-23)35-16-14-24-11-6-15-32-28(24)35/h1-3,6-8,11,14-16,21,23,25H,4-5,9-10,12-13,17-20H2. The Morgan fingerprint density at radius 3 is 2.56 bits per heavy atom. The van der Waals surface area contributed by atoms with Crippen molar-refractivity contribution in [1.29, 1.82) is 0 Å². The van der Waals surface area contributed by atoms with Crippen LogP contribution in [0.15, 0.2) is 65.7 Å². The number of pyridine rings is 1. The summed E-state index contributed by atoms with van der Waals surface area (Å²) in [6.07, 6.45) is 10.6. The van der Waals surface area contributed by atoms with Crippen molar-refractivity contribution in [2.45, 2.75) is 57.7 Å². The molecule has 0 saturated heterocycles. The fourth-order valence-electron chi connectivity index (χ4n) is 6.38. The Morgan fingerprint density at radius 1 is 0.949 bits per heavy atom. The lowest BCUT2D eigenvalue weighted by molar-refractivity contribution is 0.0679. The maximum absolute atomic E-state index is 14.0. The smallest absolute Gasteiger partial charge is 0.316 e. The number of hydrogen-bond acceptors (Lipinski definition) is 5. The van der Waals surface area contributed by atoms with Gasteiger partial charge in [-0.1, -0.05) is 43.2 Å². The summed E-state index contributed by atoms with van der Waals surface area (Å²) in [4.78, 5) is 39.0. The van der Waals surface area contributed by atoms with E-state index in [1.807, 2.05) is 45.9 Å². The predicted octanol–water partition coefficient (Wildman–Crippen LogP) is 4.82. The first-order valence-electron chi connectivity index (χ1n) is 14.2. The highest BCUT2D eigenvalue weighted by molar-refractivity contribution is 5.96. The number of carbonyl (C=O) groups excluding carboxylic acids is 1. The molecule has 2 saturated carbocycles. The second kappa shape index (κ2) is 9.98. The molecule has 8 nitrogen and oxygen atoms in total. The molecule has 2 fully saturated rings. The van der Waals surface area contributed by atoms with Gasteiger partial charge in [0, 0.05) is 37.4 Å². The number of ether oxygens (including phenoxy) is 1. The van der Waals surface area contributed by atoms with E-state index in [4.69, 9.17) is 9.72 Å². The number of amides is 1. The SMILES string of the molecule is O=C1c2c(OCc3ccccc3)c(=O)nc(C(C3CCCC3)n3ccc4cccnc43)n2CCN1CC1CC1. The molecule has 200 valence electrons. The summed E-state index contributed by atoms with van der Waals surface area (Å²) in [5.41, 5.74) is 1.69. The first-order chi connectivity index (χ1) is 19.2. The van der Waals surface area contributed by atoms with Crippen molar-refractivity contribution >= 4 is 16.9 Å². The van der Waals surface area contributed by atoms with Crippen molar-refractivity contribution in [3.05, 3.63) is 88.4 Å². The molecule has 1 atom stereocenters. The van der Waals surface area contributed by atoms with E-state index >= 15 is 0 Å². The van der Waals surface area contributed by atoms with Crippen molar-refractivity contribution < 1.29 is 9.53 Å². The van der Waals surface area contributed by atoms with E-state index in [0.29, 0.717) is 36.4 Å². The normalized spacial score (nSPS) is 18.5. The van der Waals surface area contributed by atoms with Gasteiger partial charge in [0.2, 0.25) is 5.75 Å². The lowest BCUT2D eigenvalue weighted by Gasteiger charge is -2.35. The van der Waals surface area contributed by atoms with Gasteiger partial charge >= 0.3 is 5.56 Å². The lowest BCUT2D eigenvalue weighted by atomic mass is 9.96. The van der Waals surface area contributed by atoms with Crippen molar-refractivity contribution in [3.63, 3.8) is 0 Å². The van der Waals surface area contributed by atoms with Crippen molar-refractivity contribution in [3.8, 4) is 5.75 Å². The van der Waals surface area contributed by atoms with E-state index in [0.717, 1.165) is 61.7 Å². The molecule has 0 N–H and O–H groups in total. The van der Waals surface area contributed by atoms with Crippen molar-refractivity contribution in [2.75, 3.05) is 13.1 Å². The highest BCUT2D eigenvalue weighted by atomic mass is 16.5. The molecule has 0 spiro atoms. The van der Waals surface area contributed by atoms with Crippen LogP contribution in [-0.2, 0) is 13.2 Å². The van der Waals surface area contributed by atoms with Gasteiger partial charge in [-0.25, -0.2) is 4.98 Å². The number of rotatable bonds is 8. The van der Waals surface area contributed by atoms with Crippen LogP contribution in [0.3, 0.4) is 0 Å². The van der Waals surface area contributed by atoms with Gasteiger partial charge in [0.25, 0.3) is 5.91 Å². The van der Waals surface area contributed by atoms with Crippen molar-refractivity contribution in [2.24, 2.45) is 11.8 Å². The zero-order valence-electron chi connectivity index (χ0n) is 22.0. The molecule has 4 heterocycles. The summed E-state index contributed by atoms with van der Waals surface area (Å²) in [6, 6.07) is 15.6. The summed E-state index contributed by atoms with van der Waals surface area (Å²) in [5, 5.41) is 1.05. The number of carbonyl (C=O) groups is 1. The molecule has 8 heteroatoms. The Bertz CT molecular complexity index is 1570. The van der Waals surface area contributed by atoms with Gasteiger partial charge in [-0.2, -0.15) is 4.98 Å². The van der Waals surface area contributed by atoms with Crippen LogP contribution in [0.5, 0.6) is 5.75 Å². The number of benzene rings is 1. The maximum atomic E-state index is 14.0. The van der Waals surface area contributed by atoms with Gasteiger partial charge in [0.1, 0.15) is 18.1 Å². The first kappa shape index (κ1) is 24.1. The average Bonchev–Trinajstić information content (AvgIpc) is 3.43. The molecule has 1 unspecified atom stereocenters. The van der Waals surface area contributed by atoms with E-state index in [9.17, 15) is 9.59 Å². The van der Waals surface area contributed by atoms with Crippen LogP contribution < -0.4 is 10.3 Å². The summed E-state index contributed by atoms with van der Waals surface area (Å²) in [5.74, 6) is 1.45. The quantitative estimate of drug-likeness (QED) is 0.331. The molecular weight excluding hydrogens is 490 g/mol. The molecule has 1 aliphatic heterocycles. The van der Waals surface area contributed by atoms with Crippen LogP contribution in [0.4, 0.5) is 0 Å². The van der Waals surface area contributed by atoms with E-state index < -0.39 is 5.56 Å². The Labute approximate surface area is 227 Å². The Morgan fingerprint density at radius 2 is 1.77 bits per heavy atom. The fourth-order valence-corrected chi connectivity index (χ4v) is 6.38. The largest absolute Gasteiger partial charge is 0.481 e. The third-order valence-electron chi connectivity index (χ3n) is 8.54. The van der Waals surface area contributed by atoms with Gasteiger partial charge in [-0.15, -0.1) is 0 Å². The Kier molecular flexibility index (Phi) is 6.18. The summed E-state index contributed by atoms with van der Waals surface area (Å²) < 4.78 is 10.3. The zero-order chi connectivity index (χ0) is 26.3. The van der Waals surface area contributed by atoms with Crippen LogP contribution in [0.2, 0.25) is 0 Å². The monoisotopic (exact) mass is 523 g/mol. The molecule has 1 aromatic carbocycles. The summed E-state index contributed by atoms with van der Waals surface area (Å²) in [6.45, 7) is 2.15. The molecule has 2 aliphatic carbocycles. The van der Waals surface area contributed by atoms with Crippen LogP contribution in [0.25, 0.3) is 11.0 Å². The number of aromatic nitrogens is 4. The Balaban J connectivity index is 1.37. The topological polar surface area (TPSA) is 82.3 Å². The Hall–Kier alpha value is -3.94. The number of nitrogens with zero attached hydrogens (tertiary/aromatic N) is 5. The molecular formula is C31H33N5O3. The predicted molar refractivity (Wildman–Crippen MR) is 148 cm³/mol. The molecule has 3 aliphatic rings. The van der Waals surface area contributed by atoms with Crippen LogP contribution in [-0.4, -0.2) is 43.0 Å². The lowest BCUT2D eigenvalue weighted by Crippen LogP contribution is -2.45. The third kappa shape index (κ3) is 4.51. The van der Waals surface area contributed by atoms with Crippen LogP contribution in [0, 0.1) is 11.8 Å². The van der Waals surface area contributed by atoms with Gasteiger partial charge in [0.15, 0.2) is 5.69 Å². The van der Waals surface area contributed by atoms with Gasteiger partial charge in [-0.05, 0) is 61.3 Å². The zero-order valence-corrected chi connectivity index (χ0v) is 22.0. The highest BCUT2D eigenvalue weighted by Gasteiger charge is 2.39. The van der Waals surface area contributed by atoms with E-state index in [2.05, 4.69) is 27.9 Å². The molecule has 1 amide bonds. The van der Waals surface area contributed by atoms with Gasteiger partial charge in [0.05, 0.1) is 6.04 Å². The summed E-state index contributed by atoms with van der Waals surface area (Å²) in [7, 11) is 0. The molecule has 39 heavy (non-hydrogen) atoms. The maximum Gasteiger partial charge on any atom is 0.316 e. The minimum absolute atomic E-state index is 0.0637. The minimum Gasteiger partial charge on any atom is -0.481 e. The van der Waals surface area contributed by atoms with E-state index in [1.54, 1.807) is 6.20 Å². The first-order valence-corrected chi connectivity index (χ1v) is 14.2. The van der Waals surface area contributed by atoms with Crippen LogP contribution >= 0.6 is 0 Å². The van der Waals surface area contributed by atoms with E-state index in [1.165, 1.54) is 0 Å². The van der Waals surface area contributed by atoms with Gasteiger partial charge in [-0.3, -0.25) is 9.59 Å². The summed E-state index contributed by atoms with van der Waals surface area (Å²) >= 11 is 0. The minimum atomic E-state index is -0.471. The second-order valence-corrected chi connectivity index (χ2v) is 11.2. The second-order valence-electron chi connectivity index (χ2n) is 11.2. The molecule has 7 rings (SSSR count). The fraction of sp³-hybridized carbons (Fsp3) is 0.419. The van der Waals surface area contributed by atoms with Gasteiger partial charge < -0.3 is 18.8 Å². The number of fused-ring (bicyclic) bond motifs is 2. The third-order valence-corrected chi connectivity index (χ3v) is 8.54. The average molecular weight is 524 g/mol. The highest BCUT2D eigenvalue weighted by Crippen LogP contribution is 2.40. The van der Waals surface area contributed by atoms with Crippen LogP contribution in [0.1, 0.15) is 66.4 Å². The molecule has 0 radical (unpaired) electrons. The van der Waals surface area contributed by atoms with E-state index in [-0.39, 0.29) is 24.3 Å².